The van der Waals surface area contributed by atoms with Crippen molar-refractivity contribution in [3.8, 4) is 5.75 Å². The van der Waals surface area contributed by atoms with Crippen molar-refractivity contribution in [3.05, 3.63) is 102 Å². The Morgan fingerprint density at radius 1 is 1.10 bits per heavy atom. The number of allylic oxidation sites excluding steroid dienone is 2. The van der Waals surface area contributed by atoms with Crippen LogP contribution in [-0.2, 0) is 24.3 Å². The van der Waals surface area contributed by atoms with Gasteiger partial charge in [-0.3, -0.25) is 4.90 Å². The number of hydrogen-bond donors (Lipinski definition) is 1. The van der Waals surface area contributed by atoms with Crippen molar-refractivity contribution < 1.29 is 14.6 Å². The van der Waals surface area contributed by atoms with Crippen molar-refractivity contribution in [2.24, 2.45) is 0 Å². The molecule has 0 saturated heterocycles. The molecular formula is C26H31NO3. The number of nitrogens with zero attached hydrogens (tertiary/aromatic N) is 1. The van der Waals surface area contributed by atoms with Gasteiger partial charge < -0.3 is 14.6 Å². The lowest BCUT2D eigenvalue weighted by molar-refractivity contribution is 0.00773. The van der Waals surface area contributed by atoms with Gasteiger partial charge in [0.25, 0.3) is 0 Å². The fourth-order valence-corrected chi connectivity index (χ4v) is 3.55. The highest BCUT2D eigenvalue weighted by molar-refractivity contribution is 5.30. The summed E-state index contributed by atoms with van der Waals surface area (Å²) < 4.78 is 11.5. The van der Waals surface area contributed by atoms with Crippen LogP contribution >= 0.6 is 0 Å². The fourth-order valence-electron chi connectivity index (χ4n) is 3.55. The van der Waals surface area contributed by atoms with Gasteiger partial charge in [-0.25, -0.2) is 0 Å². The molecule has 30 heavy (non-hydrogen) atoms. The summed E-state index contributed by atoms with van der Waals surface area (Å²) in [7, 11) is 0. The Balaban J connectivity index is 1.37. The summed E-state index contributed by atoms with van der Waals surface area (Å²) in [6.07, 6.45) is 5.91. The number of aliphatic hydroxyl groups excluding tert-OH is 1. The largest absolute Gasteiger partial charge is 0.489 e. The zero-order valence-electron chi connectivity index (χ0n) is 17.5. The van der Waals surface area contributed by atoms with E-state index in [1.54, 1.807) is 12.2 Å². The number of hydrogen-bond acceptors (Lipinski definition) is 4. The van der Waals surface area contributed by atoms with Gasteiger partial charge >= 0.3 is 0 Å². The van der Waals surface area contributed by atoms with Crippen LogP contribution in [0.25, 0.3) is 0 Å². The zero-order chi connectivity index (χ0) is 21.2. The second-order valence-electron chi connectivity index (χ2n) is 7.54. The molecule has 2 aromatic rings. The summed E-state index contributed by atoms with van der Waals surface area (Å²) >= 11 is 0. The standard InChI is InChI=1S/C26H31NO3/c1-3-7-21(4-2)19-30-26-12-10-22(11-13-26)18-29-20-25(28)17-27-15-14-23-8-5-6-9-24(23)16-27/h3-13,25,28H,1-2,14-20H2/b21-7+. The van der Waals surface area contributed by atoms with E-state index in [2.05, 4.69) is 42.3 Å². The Kier molecular flexibility index (Phi) is 8.45. The lowest BCUT2D eigenvalue weighted by Crippen LogP contribution is -2.38. The highest BCUT2D eigenvalue weighted by atomic mass is 16.5. The first-order valence-electron chi connectivity index (χ1n) is 10.4. The normalized spacial score (nSPS) is 15.3. The fraction of sp³-hybridized carbons (Fsp3) is 0.308. The molecule has 3 rings (SSSR count). The van der Waals surface area contributed by atoms with Gasteiger partial charge in [0.15, 0.2) is 0 Å². The molecule has 4 nitrogen and oxygen atoms in total. The summed E-state index contributed by atoms with van der Waals surface area (Å²) in [4.78, 5) is 2.29. The van der Waals surface area contributed by atoms with Gasteiger partial charge in [-0.05, 0) is 40.8 Å². The second-order valence-corrected chi connectivity index (χ2v) is 7.54. The van der Waals surface area contributed by atoms with Crippen molar-refractivity contribution in [3.63, 3.8) is 0 Å². The molecule has 1 atom stereocenters. The molecule has 0 saturated carbocycles. The van der Waals surface area contributed by atoms with Gasteiger partial charge in [0.05, 0.1) is 19.3 Å². The third kappa shape index (κ3) is 6.70. The molecule has 158 valence electrons. The second kappa shape index (κ2) is 11.5. The van der Waals surface area contributed by atoms with Gasteiger partial charge in [-0.1, -0.05) is 67.8 Å². The SMILES string of the molecule is C=C/C=C(\C=C)COc1ccc(COCC(O)CN2CCc3ccccc3C2)cc1. The summed E-state index contributed by atoms with van der Waals surface area (Å²) in [5, 5.41) is 10.4. The number of benzene rings is 2. The summed E-state index contributed by atoms with van der Waals surface area (Å²) in [5.41, 5.74) is 4.80. The maximum Gasteiger partial charge on any atom is 0.119 e. The van der Waals surface area contributed by atoms with Crippen LogP contribution in [0.4, 0.5) is 0 Å². The van der Waals surface area contributed by atoms with Gasteiger partial charge in [-0.2, -0.15) is 0 Å². The lowest BCUT2D eigenvalue weighted by Gasteiger charge is -2.30. The monoisotopic (exact) mass is 405 g/mol. The Morgan fingerprint density at radius 2 is 1.87 bits per heavy atom. The van der Waals surface area contributed by atoms with Gasteiger partial charge in [0.2, 0.25) is 0 Å². The summed E-state index contributed by atoms with van der Waals surface area (Å²) in [6.45, 7) is 11.2. The molecule has 1 aliphatic heterocycles. The molecule has 4 heteroatoms. The molecule has 0 amide bonds. The van der Waals surface area contributed by atoms with Crippen LogP contribution in [0.3, 0.4) is 0 Å². The van der Waals surface area contributed by atoms with E-state index in [1.165, 1.54) is 11.1 Å². The number of fused-ring (bicyclic) bond motifs is 1. The molecule has 0 spiro atoms. The van der Waals surface area contributed by atoms with Crippen molar-refractivity contribution in [2.45, 2.75) is 25.7 Å². The Labute approximate surface area is 179 Å². The highest BCUT2D eigenvalue weighted by Gasteiger charge is 2.18. The molecule has 0 bridgehead atoms. The minimum atomic E-state index is -0.494. The first-order chi connectivity index (χ1) is 14.7. The van der Waals surface area contributed by atoms with E-state index in [9.17, 15) is 5.11 Å². The summed E-state index contributed by atoms with van der Waals surface area (Å²) in [5.74, 6) is 0.793. The van der Waals surface area contributed by atoms with Crippen LogP contribution in [0, 0.1) is 0 Å². The van der Waals surface area contributed by atoms with Crippen molar-refractivity contribution in [1.29, 1.82) is 0 Å². The predicted molar refractivity (Wildman–Crippen MR) is 121 cm³/mol. The molecule has 1 unspecified atom stereocenters. The first-order valence-corrected chi connectivity index (χ1v) is 10.4. The van der Waals surface area contributed by atoms with E-state index >= 15 is 0 Å². The van der Waals surface area contributed by atoms with Gasteiger partial charge in [0.1, 0.15) is 12.4 Å². The van der Waals surface area contributed by atoms with E-state index in [4.69, 9.17) is 9.47 Å². The minimum absolute atomic E-state index is 0.325. The van der Waals surface area contributed by atoms with Crippen LogP contribution in [0.15, 0.2) is 85.5 Å². The van der Waals surface area contributed by atoms with E-state index in [0.717, 1.165) is 36.4 Å². The average molecular weight is 406 g/mol. The van der Waals surface area contributed by atoms with Crippen molar-refractivity contribution in [1.82, 2.24) is 4.90 Å². The zero-order valence-corrected chi connectivity index (χ0v) is 17.5. The minimum Gasteiger partial charge on any atom is -0.489 e. The predicted octanol–water partition coefficient (Wildman–Crippen LogP) is 4.30. The highest BCUT2D eigenvalue weighted by Crippen LogP contribution is 2.19. The molecular weight excluding hydrogens is 374 g/mol. The Bertz CT molecular complexity index is 857. The van der Waals surface area contributed by atoms with E-state index in [1.807, 2.05) is 30.3 Å². The topological polar surface area (TPSA) is 41.9 Å². The quantitative estimate of drug-likeness (QED) is 0.566. The van der Waals surface area contributed by atoms with Crippen LogP contribution in [0.2, 0.25) is 0 Å². The molecule has 0 aliphatic carbocycles. The molecule has 0 aromatic heterocycles. The first kappa shape index (κ1) is 22.0. The van der Waals surface area contributed by atoms with E-state index < -0.39 is 6.10 Å². The molecule has 2 aromatic carbocycles. The van der Waals surface area contributed by atoms with Crippen LogP contribution < -0.4 is 4.74 Å². The number of β-amino-alcohol motifs (C(OH)–C–C–N with tert-alkyl or cyclic N) is 1. The smallest absolute Gasteiger partial charge is 0.119 e. The van der Waals surface area contributed by atoms with Crippen molar-refractivity contribution in [2.75, 3.05) is 26.3 Å². The molecule has 1 heterocycles. The maximum atomic E-state index is 10.4. The molecule has 1 aliphatic rings. The number of rotatable bonds is 11. The third-order valence-electron chi connectivity index (χ3n) is 5.18. The number of ether oxygens (including phenoxy) is 2. The van der Waals surface area contributed by atoms with Crippen LogP contribution in [0.5, 0.6) is 5.75 Å². The van der Waals surface area contributed by atoms with Gasteiger partial charge in [0, 0.05) is 19.6 Å². The van der Waals surface area contributed by atoms with Crippen molar-refractivity contribution >= 4 is 0 Å². The van der Waals surface area contributed by atoms with Crippen LogP contribution in [-0.4, -0.2) is 42.4 Å². The van der Waals surface area contributed by atoms with E-state index in [0.29, 0.717) is 26.4 Å². The Hall–Kier alpha value is -2.66. The maximum absolute atomic E-state index is 10.4. The lowest BCUT2D eigenvalue weighted by atomic mass is 10.00. The average Bonchev–Trinajstić information content (AvgIpc) is 2.77. The third-order valence-corrected chi connectivity index (χ3v) is 5.18. The number of aliphatic hydroxyl groups is 1. The molecule has 0 fully saturated rings. The molecule has 1 N–H and O–H groups in total. The summed E-state index contributed by atoms with van der Waals surface area (Å²) in [6, 6.07) is 16.3. The van der Waals surface area contributed by atoms with E-state index in [-0.39, 0.29) is 0 Å². The van der Waals surface area contributed by atoms with Gasteiger partial charge in [-0.15, -0.1) is 0 Å². The molecule has 0 radical (unpaired) electrons. The van der Waals surface area contributed by atoms with Crippen LogP contribution in [0.1, 0.15) is 16.7 Å². The Morgan fingerprint density at radius 3 is 2.60 bits per heavy atom.